The lowest BCUT2D eigenvalue weighted by atomic mass is 10.0. The van der Waals surface area contributed by atoms with Crippen LogP contribution >= 0.6 is 0 Å². The zero-order valence-corrected chi connectivity index (χ0v) is 9.27. The van der Waals surface area contributed by atoms with Gasteiger partial charge in [0.2, 0.25) is 0 Å². The number of Topliss-reactive ketones (excluding diaryl/α,β-unsaturated/α-hetero) is 1. The number of hydrogen-bond donors (Lipinski definition) is 0. The van der Waals surface area contributed by atoms with Gasteiger partial charge in [-0.05, 0) is 24.1 Å². The Morgan fingerprint density at radius 3 is 2.69 bits per heavy atom. The maximum atomic E-state index is 11.7. The number of carbonyl (C=O) groups excluding carboxylic acids is 1. The normalized spacial score (nSPS) is 10.3. The summed E-state index contributed by atoms with van der Waals surface area (Å²) < 4.78 is 4.93. The second-order valence-electron chi connectivity index (χ2n) is 4.01. The molecule has 0 aliphatic rings. The Bertz CT molecular complexity index is 469. The standard InChI is InChI=1S/C14H14O2/c1-11-3-2-4-12(7-11)8-14(15)9-13-5-6-16-10-13/h2-7,10H,8-9H2,1H3. The van der Waals surface area contributed by atoms with Crippen molar-refractivity contribution in [2.24, 2.45) is 0 Å². The summed E-state index contributed by atoms with van der Waals surface area (Å²) in [4.78, 5) is 11.7. The zero-order chi connectivity index (χ0) is 11.4. The van der Waals surface area contributed by atoms with E-state index in [4.69, 9.17) is 4.42 Å². The molecule has 0 saturated carbocycles. The summed E-state index contributed by atoms with van der Waals surface area (Å²) in [6.45, 7) is 2.03. The van der Waals surface area contributed by atoms with Crippen LogP contribution in [0.2, 0.25) is 0 Å². The van der Waals surface area contributed by atoms with E-state index < -0.39 is 0 Å². The third kappa shape index (κ3) is 2.83. The van der Waals surface area contributed by atoms with Crippen LogP contribution in [0.1, 0.15) is 16.7 Å². The molecule has 0 spiro atoms. The van der Waals surface area contributed by atoms with Gasteiger partial charge in [0.15, 0.2) is 0 Å². The van der Waals surface area contributed by atoms with Crippen LogP contribution in [0.5, 0.6) is 0 Å². The predicted molar refractivity (Wildman–Crippen MR) is 62.3 cm³/mol. The van der Waals surface area contributed by atoms with Gasteiger partial charge in [-0.1, -0.05) is 29.8 Å². The molecule has 2 nitrogen and oxygen atoms in total. The lowest BCUT2D eigenvalue weighted by Crippen LogP contribution is -2.05. The number of ketones is 1. The predicted octanol–water partition coefficient (Wildman–Crippen LogP) is 2.94. The Morgan fingerprint density at radius 2 is 2.00 bits per heavy atom. The Balaban J connectivity index is 1.97. The van der Waals surface area contributed by atoms with Gasteiger partial charge in [-0.3, -0.25) is 4.79 Å². The summed E-state index contributed by atoms with van der Waals surface area (Å²) in [5.41, 5.74) is 3.21. The minimum absolute atomic E-state index is 0.215. The highest BCUT2D eigenvalue weighted by molar-refractivity contribution is 5.83. The number of furan rings is 1. The number of benzene rings is 1. The first-order valence-electron chi connectivity index (χ1n) is 5.32. The molecule has 2 rings (SSSR count). The molecule has 0 aliphatic carbocycles. The average molecular weight is 214 g/mol. The van der Waals surface area contributed by atoms with Crippen LogP contribution in [0.25, 0.3) is 0 Å². The molecule has 0 fully saturated rings. The first kappa shape index (κ1) is 10.7. The fraction of sp³-hybridized carbons (Fsp3) is 0.214. The van der Waals surface area contributed by atoms with Gasteiger partial charge in [-0.2, -0.15) is 0 Å². The first-order chi connectivity index (χ1) is 7.74. The highest BCUT2D eigenvalue weighted by atomic mass is 16.3. The Kier molecular flexibility index (Phi) is 3.20. The van der Waals surface area contributed by atoms with Crippen LogP contribution in [0.3, 0.4) is 0 Å². The highest BCUT2D eigenvalue weighted by Crippen LogP contribution is 2.08. The lowest BCUT2D eigenvalue weighted by molar-refractivity contribution is -0.117. The van der Waals surface area contributed by atoms with Gasteiger partial charge in [-0.15, -0.1) is 0 Å². The smallest absolute Gasteiger partial charge is 0.141 e. The monoisotopic (exact) mass is 214 g/mol. The second kappa shape index (κ2) is 4.79. The van der Waals surface area contributed by atoms with Gasteiger partial charge in [0.05, 0.1) is 12.5 Å². The van der Waals surface area contributed by atoms with E-state index in [9.17, 15) is 4.79 Å². The zero-order valence-electron chi connectivity index (χ0n) is 9.27. The van der Waals surface area contributed by atoms with Crippen molar-refractivity contribution in [2.45, 2.75) is 19.8 Å². The summed E-state index contributed by atoms with van der Waals surface area (Å²) in [5.74, 6) is 0.215. The summed E-state index contributed by atoms with van der Waals surface area (Å²) in [5, 5.41) is 0. The highest BCUT2D eigenvalue weighted by Gasteiger charge is 2.06. The molecule has 82 valence electrons. The first-order valence-corrected chi connectivity index (χ1v) is 5.32. The quantitative estimate of drug-likeness (QED) is 0.783. The van der Waals surface area contributed by atoms with Crippen molar-refractivity contribution in [3.8, 4) is 0 Å². The van der Waals surface area contributed by atoms with Crippen LogP contribution in [-0.4, -0.2) is 5.78 Å². The fourth-order valence-corrected chi connectivity index (χ4v) is 1.73. The van der Waals surface area contributed by atoms with Crippen molar-refractivity contribution < 1.29 is 9.21 Å². The molecule has 2 heteroatoms. The van der Waals surface area contributed by atoms with Crippen molar-refractivity contribution in [3.63, 3.8) is 0 Å². The molecule has 0 bridgehead atoms. The van der Waals surface area contributed by atoms with Gasteiger partial charge < -0.3 is 4.42 Å². The molecule has 0 amide bonds. The van der Waals surface area contributed by atoms with Gasteiger partial charge in [-0.25, -0.2) is 0 Å². The van der Waals surface area contributed by atoms with E-state index in [1.54, 1.807) is 12.5 Å². The number of rotatable bonds is 4. The summed E-state index contributed by atoms with van der Waals surface area (Å²) in [6, 6.07) is 9.88. The minimum atomic E-state index is 0.215. The molecule has 1 heterocycles. The SMILES string of the molecule is Cc1cccc(CC(=O)Cc2ccoc2)c1. The van der Waals surface area contributed by atoms with Gasteiger partial charge in [0.1, 0.15) is 5.78 Å². The number of aryl methyl sites for hydroxylation is 1. The lowest BCUT2D eigenvalue weighted by Gasteiger charge is -2.01. The maximum Gasteiger partial charge on any atom is 0.141 e. The van der Waals surface area contributed by atoms with E-state index in [2.05, 4.69) is 0 Å². The van der Waals surface area contributed by atoms with Crippen molar-refractivity contribution in [2.75, 3.05) is 0 Å². The van der Waals surface area contributed by atoms with Crippen LogP contribution in [-0.2, 0) is 17.6 Å². The molecular formula is C14H14O2. The maximum absolute atomic E-state index is 11.7. The van der Waals surface area contributed by atoms with Gasteiger partial charge in [0, 0.05) is 12.8 Å². The number of hydrogen-bond acceptors (Lipinski definition) is 2. The largest absolute Gasteiger partial charge is 0.472 e. The second-order valence-corrected chi connectivity index (χ2v) is 4.01. The molecule has 2 aromatic rings. The van der Waals surface area contributed by atoms with Crippen LogP contribution < -0.4 is 0 Å². The van der Waals surface area contributed by atoms with Crippen LogP contribution in [0.15, 0.2) is 47.3 Å². The fourth-order valence-electron chi connectivity index (χ4n) is 1.73. The minimum Gasteiger partial charge on any atom is -0.472 e. The Morgan fingerprint density at radius 1 is 1.19 bits per heavy atom. The molecule has 0 saturated heterocycles. The third-order valence-corrected chi connectivity index (χ3v) is 2.47. The van der Waals surface area contributed by atoms with E-state index in [1.165, 1.54) is 5.56 Å². The van der Waals surface area contributed by atoms with Crippen LogP contribution in [0, 0.1) is 6.92 Å². The molecule has 0 aliphatic heterocycles. The Labute approximate surface area is 94.9 Å². The van der Waals surface area contributed by atoms with E-state index in [0.29, 0.717) is 12.8 Å². The Hall–Kier alpha value is -1.83. The van der Waals surface area contributed by atoms with Crippen molar-refractivity contribution in [1.82, 2.24) is 0 Å². The van der Waals surface area contributed by atoms with E-state index in [1.807, 2.05) is 37.3 Å². The van der Waals surface area contributed by atoms with E-state index >= 15 is 0 Å². The molecular weight excluding hydrogens is 200 g/mol. The summed E-state index contributed by atoms with van der Waals surface area (Å²) in [6.07, 6.45) is 4.15. The third-order valence-electron chi connectivity index (χ3n) is 2.47. The van der Waals surface area contributed by atoms with Gasteiger partial charge >= 0.3 is 0 Å². The average Bonchev–Trinajstić information content (AvgIpc) is 2.70. The molecule has 16 heavy (non-hydrogen) atoms. The summed E-state index contributed by atoms with van der Waals surface area (Å²) >= 11 is 0. The van der Waals surface area contributed by atoms with E-state index in [-0.39, 0.29) is 5.78 Å². The number of carbonyl (C=O) groups is 1. The van der Waals surface area contributed by atoms with Crippen molar-refractivity contribution >= 4 is 5.78 Å². The van der Waals surface area contributed by atoms with Crippen molar-refractivity contribution in [1.29, 1.82) is 0 Å². The molecule has 1 aromatic carbocycles. The molecule has 0 atom stereocenters. The van der Waals surface area contributed by atoms with Gasteiger partial charge in [0.25, 0.3) is 0 Å². The molecule has 1 aromatic heterocycles. The molecule has 0 unspecified atom stereocenters. The molecule has 0 N–H and O–H groups in total. The van der Waals surface area contributed by atoms with Crippen molar-refractivity contribution in [3.05, 3.63) is 59.5 Å². The van der Waals surface area contributed by atoms with E-state index in [0.717, 1.165) is 11.1 Å². The van der Waals surface area contributed by atoms with Crippen LogP contribution in [0.4, 0.5) is 0 Å². The molecule has 0 radical (unpaired) electrons. The summed E-state index contributed by atoms with van der Waals surface area (Å²) in [7, 11) is 0. The topological polar surface area (TPSA) is 30.2 Å².